The van der Waals surface area contributed by atoms with Gasteiger partial charge in [-0.25, -0.2) is 4.79 Å². The Labute approximate surface area is 284 Å². The molecular weight excluding hydrogens is 606 g/mol. The Balaban J connectivity index is 1.49. The predicted octanol–water partition coefficient (Wildman–Crippen LogP) is 6.84. The minimum absolute atomic E-state index is 0.151. The van der Waals surface area contributed by atoms with E-state index in [4.69, 9.17) is 23.7 Å². The lowest BCUT2D eigenvalue weighted by Gasteiger charge is -2.49. The zero-order valence-corrected chi connectivity index (χ0v) is 27.9. The lowest BCUT2D eigenvalue weighted by atomic mass is 9.76. The summed E-state index contributed by atoms with van der Waals surface area (Å²) in [5.41, 5.74) is 3.16. The van der Waals surface area contributed by atoms with Crippen LogP contribution in [0.4, 0.5) is 4.79 Å². The van der Waals surface area contributed by atoms with E-state index in [1.165, 1.54) is 0 Å². The van der Waals surface area contributed by atoms with Crippen molar-refractivity contribution in [1.82, 2.24) is 5.32 Å². The van der Waals surface area contributed by atoms with E-state index >= 15 is 0 Å². The fraction of sp³-hybridized carbons (Fsp3) is 0.375. The number of aliphatic hydroxyl groups excluding tert-OH is 1. The van der Waals surface area contributed by atoms with Crippen LogP contribution in [0.2, 0.25) is 0 Å². The topological polar surface area (TPSA) is 95.5 Å². The summed E-state index contributed by atoms with van der Waals surface area (Å²) in [5, 5.41) is 15.1. The maximum atomic E-state index is 13.3. The molecule has 0 unspecified atom stereocenters. The maximum absolute atomic E-state index is 13.3. The number of rotatable bonds is 14. The minimum Gasteiger partial charge on any atom is -0.444 e. The van der Waals surface area contributed by atoms with E-state index in [1.807, 2.05) is 121 Å². The quantitative estimate of drug-likeness (QED) is 0.154. The summed E-state index contributed by atoms with van der Waals surface area (Å²) in [6.07, 6.45) is -3.94. The van der Waals surface area contributed by atoms with Crippen molar-refractivity contribution in [3.8, 4) is 0 Å². The average molecular weight is 654 g/mol. The van der Waals surface area contributed by atoms with Crippen molar-refractivity contribution >= 4 is 6.09 Å². The molecule has 8 heteroatoms. The standard InChI is InChI=1S/C40H47NO7/c1-40(2,3)48-39(43)41-34-35(42)33(28-44-24-29-16-8-4-9-17-29)36(45-25-30-18-10-5-11-19-30)38(47-27-32-22-14-7-15-23-32)37(34)46-26-31-20-12-6-13-21-31/h4-23,33-38,42H,24-28H2,1-3H3,(H,41,43)/t33-,34-,35+,36-,37-,38-/m0/s1. The van der Waals surface area contributed by atoms with Crippen LogP contribution in [-0.4, -0.2) is 53.9 Å². The maximum Gasteiger partial charge on any atom is 0.408 e. The van der Waals surface area contributed by atoms with Gasteiger partial charge in [0.2, 0.25) is 0 Å². The number of hydrogen-bond donors (Lipinski definition) is 2. The summed E-state index contributed by atoms with van der Waals surface area (Å²) >= 11 is 0. The van der Waals surface area contributed by atoms with Gasteiger partial charge < -0.3 is 34.1 Å². The molecule has 6 atom stereocenters. The van der Waals surface area contributed by atoms with Crippen molar-refractivity contribution in [2.75, 3.05) is 6.61 Å². The van der Waals surface area contributed by atoms with Crippen molar-refractivity contribution in [1.29, 1.82) is 0 Å². The Kier molecular flexibility index (Phi) is 12.8. The molecule has 0 radical (unpaired) electrons. The lowest BCUT2D eigenvalue weighted by molar-refractivity contribution is -0.229. The third-order valence-electron chi connectivity index (χ3n) is 8.19. The molecule has 0 aliphatic heterocycles. The molecule has 1 fully saturated rings. The second-order valence-corrected chi connectivity index (χ2v) is 13.1. The number of hydrogen-bond acceptors (Lipinski definition) is 7. The first-order valence-corrected chi connectivity index (χ1v) is 16.5. The van der Waals surface area contributed by atoms with E-state index in [0.717, 1.165) is 22.3 Å². The average Bonchev–Trinajstić information content (AvgIpc) is 3.09. The molecule has 4 aromatic rings. The molecule has 0 saturated heterocycles. The number of alkyl carbamates (subject to hydrolysis) is 1. The Hall–Kier alpha value is -4.05. The predicted molar refractivity (Wildman–Crippen MR) is 184 cm³/mol. The van der Waals surface area contributed by atoms with Crippen LogP contribution in [0, 0.1) is 5.92 Å². The van der Waals surface area contributed by atoms with Gasteiger partial charge in [0.15, 0.2) is 0 Å². The van der Waals surface area contributed by atoms with Gasteiger partial charge in [-0.05, 0) is 43.0 Å². The summed E-state index contributed by atoms with van der Waals surface area (Å²) in [5.74, 6) is -0.588. The molecule has 0 bridgehead atoms. The van der Waals surface area contributed by atoms with Gasteiger partial charge in [-0.2, -0.15) is 0 Å². The molecule has 0 spiro atoms. The van der Waals surface area contributed by atoms with Gasteiger partial charge >= 0.3 is 6.09 Å². The van der Waals surface area contributed by atoms with Crippen LogP contribution in [0.1, 0.15) is 43.0 Å². The first kappa shape index (κ1) is 35.3. The molecule has 1 saturated carbocycles. The number of amides is 1. The first-order valence-electron chi connectivity index (χ1n) is 16.5. The van der Waals surface area contributed by atoms with Crippen LogP contribution in [0.15, 0.2) is 121 Å². The van der Waals surface area contributed by atoms with Gasteiger partial charge in [0.1, 0.15) is 17.8 Å². The highest BCUT2D eigenvalue weighted by atomic mass is 16.6. The van der Waals surface area contributed by atoms with Crippen molar-refractivity contribution in [2.45, 2.75) is 83.3 Å². The smallest absolute Gasteiger partial charge is 0.408 e. The summed E-state index contributed by atoms with van der Waals surface area (Å²) in [6.45, 7) is 6.69. The Morgan fingerprint density at radius 3 is 1.44 bits per heavy atom. The molecule has 254 valence electrons. The summed E-state index contributed by atoms with van der Waals surface area (Å²) < 4.78 is 31.9. The van der Waals surface area contributed by atoms with Gasteiger partial charge in [0, 0.05) is 5.92 Å². The normalized spacial score (nSPS) is 22.6. The van der Waals surface area contributed by atoms with Crippen LogP contribution in [-0.2, 0) is 50.1 Å². The highest BCUT2D eigenvalue weighted by Gasteiger charge is 2.53. The second kappa shape index (κ2) is 17.4. The fourth-order valence-electron chi connectivity index (χ4n) is 5.89. The van der Waals surface area contributed by atoms with Crippen LogP contribution in [0.25, 0.3) is 0 Å². The van der Waals surface area contributed by atoms with E-state index in [2.05, 4.69) is 5.32 Å². The molecule has 1 aliphatic carbocycles. The van der Waals surface area contributed by atoms with Gasteiger partial charge in [-0.15, -0.1) is 0 Å². The van der Waals surface area contributed by atoms with Crippen LogP contribution < -0.4 is 5.32 Å². The molecule has 4 aromatic carbocycles. The largest absolute Gasteiger partial charge is 0.444 e. The van der Waals surface area contributed by atoms with Gasteiger partial charge in [0.25, 0.3) is 0 Å². The summed E-state index contributed by atoms with van der Waals surface area (Å²) in [4.78, 5) is 13.3. The Bertz CT molecular complexity index is 1500. The summed E-state index contributed by atoms with van der Waals surface area (Å²) in [7, 11) is 0. The number of aliphatic hydroxyl groups is 1. The van der Waals surface area contributed by atoms with Gasteiger partial charge in [-0.3, -0.25) is 0 Å². The molecule has 5 rings (SSSR count). The van der Waals surface area contributed by atoms with Crippen molar-refractivity contribution in [3.63, 3.8) is 0 Å². The first-order chi connectivity index (χ1) is 23.3. The van der Waals surface area contributed by atoms with Crippen molar-refractivity contribution < 1.29 is 33.6 Å². The van der Waals surface area contributed by atoms with Gasteiger partial charge in [-0.1, -0.05) is 121 Å². The second-order valence-electron chi connectivity index (χ2n) is 13.1. The molecule has 0 heterocycles. The number of carbonyl (C=O) groups excluding carboxylic acids is 1. The monoisotopic (exact) mass is 653 g/mol. The van der Waals surface area contributed by atoms with Crippen LogP contribution in [0.3, 0.4) is 0 Å². The highest BCUT2D eigenvalue weighted by Crippen LogP contribution is 2.35. The van der Waals surface area contributed by atoms with E-state index < -0.39 is 48.1 Å². The molecule has 2 N–H and O–H groups in total. The lowest BCUT2D eigenvalue weighted by Crippen LogP contribution is -2.68. The molecule has 8 nitrogen and oxygen atoms in total. The molecule has 1 aliphatic rings. The summed E-state index contributed by atoms with van der Waals surface area (Å²) in [6, 6.07) is 38.5. The SMILES string of the molecule is CC(C)(C)OC(=O)N[C@H]1[C@H](O)[C@H](COCc2ccccc2)[C@H](OCc2ccccc2)[C@H](OCc2ccccc2)[C@H]1OCc1ccccc1. The zero-order chi connectivity index (χ0) is 33.8. The van der Waals surface area contributed by atoms with E-state index in [-0.39, 0.29) is 26.4 Å². The highest BCUT2D eigenvalue weighted by molar-refractivity contribution is 5.68. The van der Waals surface area contributed by atoms with Crippen molar-refractivity contribution in [2.24, 2.45) is 5.92 Å². The Morgan fingerprint density at radius 1 is 0.604 bits per heavy atom. The number of benzene rings is 4. The Morgan fingerprint density at radius 2 is 1.00 bits per heavy atom. The number of ether oxygens (including phenoxy) is 5. The van der Waals surface area contributed by atoms with Crippen molar-refractivity contribution in [3.05, 3.63) is 144 Å². The van der Waals surface area contributed by atoms with E-state index in [0.29, 0.717) is 6.61 Å². The molecule has 48 heavy (non-hydrogen) atoms. The zero-order valence-electron chi connectivity index (χ0n) is 27.9. The molecule has 1 amide bonds. The van der Waals surface area contributed by atoms with Crippen LogP contribution in [0.5, 0.6) is 0 Å². The molecular formula is C40H47NO7. The fourth-order valence-corrected chi connectivity index (χ4v) is 5.89. The molecule has 0 aromatic heterocycles. The number of nitrogens with one attached hydrogen (secondary N) is 1. The number of carbonyl (C=O) groups is 1. The minimum atomic E-state index is -1.12. The van der Waals surface area contributed by atoms with Gasteiger partial charge in [0.05, 0.1) is 51.3 Å². The van der Waals surface area contributed by atoms with Crippen LogP contribution >= 0.6 is 0 Å². The van der Waals surface area contributed by atoms with E-state index in [9.17, 15) is 9.90 Å². The third kappa shape index (κ3) is 10.5. The van der Waals surface area contributed by atoms with E-state index in [1.54, 1.807) is 20.8 Å². The third-order valence-corrected chi connectivity index (χ3v) is 8.19.